The molecule has 1 aliphatic rings. The maximum atomic E-state index is 5.73. The molecule has 0 amide bonds. The van der Waals surface area contributed by atoms with E-state index in [-0.39, 0.29) is 29.4 Å². The van der Waals surface area contributed by atoms with Crippen molar-refractivity contribution < 1.29 is 9.47 Å². The number of rotatable bonds is 11. The molecule has 1 fully saturated rings. The van der Waals surface area contributed by atoms with Gasteiger partial charge >= 0.3 is 0 Å². The van der Waals surface area contributed by atoms with Gasteiger partial charge in [-0.3, -0.25) is 4.99 Å². The number of nitrogens with one attached hydrogen (secondary N) is 2. The second-order valence-corrected chi connectivity index (χ2v) is 7.68. The molecule has 0 spiro atoms. The summed E-state index contributed by atoms with van der Waals surface area (Å²) >= 11 is 0. The summed E-state index contributed by atoms with van der Waals surface area (Å²) in [5, 5.41) is 6.71. The molecule has 0 aromatic carbocycles. The largest absolute Gasteiger partial charge is 0.381 e. The van der Waals surface area contributed by atoms with Gasteiger partial charge in [0, 0.05) is 45.3 Å². The van der Waals surface area contributed by atoms with Gasteiger partial charge in [0.15, 0.2) is 5.96 Å². The molecule has 0 bridgehead atoms. The van der Waals surface area contributed by atoms with E-state index in [1.165, 1.54) is 0 Å². The molecule has 1 aliphatic heterocycles. The Morgan fingerprint density at radius 2 is 2.08 bits per heavy atom. The minimum atomic E-state index is 0. The van der Waals surface area contributed by atoms with Crippen molar-refractivity contribution in [2.75, 3.05) is 66.7 Å². The monoisotopic (exact) mass is 470 g/mol. The van der Waals surface area contributed by atoms with E-state index in [0.29, 0.717) is 5.92 Å². The van der Waals surface area contributed by atoms with Crippen molar-refractivity contribution in [1.82, 2.24) is 15.5 Å². The van der Waals surface area contributed by atoms with Crippen molar-refractivity contribution in [3.05, 3.63) is 0 Å². The fourth-order valence-corrected chi connectivity index (χ4v) is 2.89. The third kappa shape index (κ3) is 12.8. The normalized spacial score (nSPS) is 18.3. The molecule has 0 radical (unpaired) electrons. The van der Waals surface area contributed by atoms with Crippen molar-refractivity contribution in [1.29, 1.82) is 0 Å². The van der Waals surface area contributed by atoms with Crippen molar-refractivity contribution in [3.8, 4) is 0 Å². The lowest BCUT2D eigenvalue weighted by atomic mass is 9.93. The summed E-state index contributed by atoms with van der Waals surface area (Å²) in [6.45, 7) is 13.5. The summed E-state index contributed by atoms with van der Waals surface area (Å²) in [5.41, 5.74) is 0.165. The summed E-state index contributed by atoms with van der Waals surface area (Å²) in [6, 6.07) is 0. The lowest BCUT2D eigenvalue weighted by molar-refractivity contribution is 0.0888. The van der Waals surface area contributed by atoms with E-state index < -0.39 is 0 Å². The molecule has 1 unspecified atom stereocenters. The Balaban J connectivity index is 0.00000576. The number of halogens is 1. The fourth-order valence-electron chi connectivity index (χ4n) is 2.89. The third-order valence-electron chi connectivity index (χ3n) is 3.89. The van der Waals surface area contributed by atoms with Crippen molar-refractivity contribution >= 4 is 29.9 Å². The van der Waals surface area contributed by atoms with Gasteiger partial charge in [-0.15, -0.1) is 24.0 Å². The zero-order chi connectivity index (χ0) is 17.8. The van der Waals surface area contributed by atoms with Crippen LogP contribution in [0.25, 0.3) is 0 Å². The molecule has 7 heteroatoms. The Hall–Kier alpha value is -0.120. The average molecular weight is 470 g/mol. The standard InChI is InChI=1S/C18H38N4O2.HI/c1-6-19-17(21-14-18(2,3)15-22(4)5)20-9-7-10-23-12-16-8-11-24-13-16;/h16H,6-15H2,1-5H3,(H2,19,20,21);1H. The highest BCUT2D eigenvalue weighted by molar-refractivity contribution is 14.0. The van der Waals surface area contributed by atoms with E-state index in [0.717, 1.165) is 71.4 Å². The lowest BCUT2D eigenvalue weighted by Gasteiger charge is -2.26. The fraction of sp³-hybridized carbons (Fsp3) is 0.944. The molecule has 0 aromatic heterocycles. The average Bonchev–Trinajstić information content (AvgIpc) is 3.00. The van der Waals surface area contributed by atoms with E-state index in [4.69, 9.17) is 14.5 Å². The molecule has 6 nitrogen and oxygen atoms in total. The van der Waals surface area contributed by atoms with Crippen LogP contribution in [0.5, 0.6) is 0 Å². The Kier molecular flexibility index (Phi) is 13.9. The summed E-state index contributed by atoms with van der Waals surface area (Å²) < 4.78 is 11.1. The highest BCUT2D eigenvalue weighted by Gasteiger charge is 2.18. The third-order valence-corrected chi connectivity index (χ3v) is 3.89. The van der Waals surface area contributed by atoms with Gasteiger partial charge in [-0.25, -0.2) is 0 Å². The summed E-state index contributed by atoms with van der Waals surface area (Å²) in [5.74, 6) is 1.49. The maximum Gasteiger partial charge on any atom is 0.191 e. The molecule has 1 heterocycles. The van der Waals surface area contributed by atoms with Gasteiger partial charge < -0.3 is 25.0 Å². The quantitative estimate of drug-likeness (QED) is 0.210. The van der Waals surface area contributed by atoms with Crippen LogP contribution in [-0.4, -0.2) is 77.6 Å². The maximum absolute atomic E-state index is 5.73. The van der Waals surface area contributed by atoms with Gasteiger partial charge in [0.05, 0.1) is 13.2 Å². The minimum Gasteiger partial charge on any atom is -0.381 e. The smallest absolute Gasteiger partial charge is 0.191 e. The molecule has 2 N–H and O–H groups in total. The first-order chi connectivity index (χ1) is 11.4. The number of guanidine groups is 1. The zero-order valence-corrected chi connectivity index (χ0v) is 19.1. The van der Waals surface area contributed by atoms with Crippen LogP contribution in [0.15, 0.2) is 4.99 Å². The highest BCUT2D eigenvalue weighted by Crippen LogP contribution is 2.16. The Labute approximate surface area is 171 Å². The molecule has 1 saturated heterocycles. The number of hydrogen-bond acceptors (Lipinski definition) is 4. The first-order valence-corrected chi connectivity index (χ1v) is 9.25. The van der Waals surface area contributed by atoms with Crippen LogP contribution >= 0.6 is 24.0 Å². The van der Waals surface area contributed by atoms with E-state index in [1.54, 1.807) is 0 Å². The Bertz CT molecular complexity index is 359. The second kappa shape index (κ2) is 14.0. The summed E-state index contributed by atoms with van der Waals surface area (Å²) in [6.07, 6.45) is 2.12. The molecule has 25 heavy (non-hydrogen) atoms. The van der Waals surface area contributed by atoms with E-state index in [1.807, 2.05) is 0 Å². The van der Waals surface area contributed by atoms with Gasteiger partial charge in [0.2, 0.25) is 0 Å². The number of nitrogens with zero attached hydrogens (tertiary/aromatic N) is 2. The number of ether oxygens (including phenoxy) is 2. The van der Waals surface area contributed by atoms with Gasteiger partial charge in [0.1, 0.15) is 0 Å². The molecule has 0 aromatic rings. The zero-order valence-electron chi connectivity index (χ0n) is 16.8. The number of hydrogen-bond donors (Lipinski definition) is 2. The molecular weight excluding hydrogens is 431 g/mol. The van der Waals surface area contributed by atoms with Crippen LogP contribution < -0.4 is 10.6 Å². The van der Waals surface area contributed by atoms with Crippen LogP contribution in [0.3, 0.4) is 0 Å². The van der Waals surface area contributed by atoms with Crippen LogP contribution in [0.1, 0.15) is 33.6 Å². The molecule has 1 atom stereocenters. The molecule has 1 rings (SSSR count). The first kappa shape index (κ1) is 24.9. The predicted molar refractivity (Wildman–Crippen MR) is 116 cm³/mol. The lowest BCUT2D eigenvalue weighted by Crippen LogP contribution is -2.39. The molecule has 150 valence electrons. The van der Waals surface area contributed by atoms with Crippen molar-refractivity contribution in [2.45, 2.75) is 33.6 Å². The van der Waals surface area contributed by atoms with Crippen LogP contribution in [0, 0.1) is 11.3 Å². The highest BCUT2D eigenvalue weighted by atomic mass is 127. The minimum absolute atomic E-state index is 0. The summed E-state index contributed by atoms with van der Waals surface area (Å²) in [4.78, 5) is 6.94. The van der Waals surface area contributed by atoms with Gasteiger partial charge in [-0.1, -0.05) is 13.8 Å². The Morgan fingerprint density at radius 1 is 1.32 bits per heavy atom. The molecule has 0 saturated carbocycles. The predicted octanol–water partition coefficient (Wildman–Crippen LogP) is 2.19. The van der Waals surface area contributed by atoms with Crippen molar-refractivity contribution in [2.24, 2.45) is 16.3 Å². The topological polar surface area (TPSA) is 58.1 Å². The summed E-state index contributed by atoms with van der Waals surface area (Å²) in [7, 11) is 4.21. The Morgan fingerprint density at radius 3 is 2.68 bits per heavy atom. The molecule has 0 aliphatic carbocycles. The van der Waals surface area contributed by atoms with Gasteiger partial charge in [-0.05, 0) is 39.3 Å². The van der Waals surface area contributed by atoms with Gasteiger partial charge in [0.25, 0.3) is 0 Å². The number of aliphatic imine (C=N–C) groups is 1. The SMILES string of the molecule is CCNC(=NCC(C)(C)CN(C)C)NCCCOCC1CCOC1.I. The first-order valence-electron chi connectivity index (χ1n) is 9.25. The van der Waals surface area contributed by atoms with Crippen LogP contribution in [-0.2, 0) is 9.47 Å². The van der Waals surface area contributed by atoms with Crippen molar-refractivity contribution in [3.63, 3.8) is 0 Å². The second-order valence-electron chi connectivity index (χ2n) is 7.68. The van der Waals surface area contributed by atoms with Crippen LogP contribution in [0.2, 0.25) is 0 Å². The van der Waals surface area contributed by atoms with E-state index >= 15 is 0 Å². The van der Waals surface area contributed by atoms with E-state index in [9.17, 15) is 0 Å². The molecular formula is C18H39IN4O2. The van der Waals surface area contributed by atoms with Crippen LogP contribution in [0.4, 0.5) is 0 Å². The van der Waals surface area contributed by atoms with Gasteiger partial charge in [-0.2, -0.15) is 0 Å². The van der Waals surface area contributed by atoms with E-state index in [2.05, 4.69) is 50.4 Å².